The molecule has 1 aliphatic heterocycles. The molecule has 2 aromatic heterocycles. The molecule has 2 aromatic rings. The van der Waals surface area contributed by atoms with Crippen LogP contribution in [0.3, 0.4) is 0 Å². The Labute approximate surface area is 161 Å². The van der Waals surface area contributed by atoms with Crippen LogP contribution in [0.5, 0.6) is 0 Å². The predicted molar refractivity (Wildman–Crippen MR) is 98.2 cm³/mol. The summed E-state index contributed by atoms with van der Waals surface area (Å²) in [5.74, 6) is 0.149. The molecule has 10 nitrogen and oxygen atoms in total. The van der Waals surface area contributed by atoms with E-state index in [0.717, 1.165) is 6.42 Å². The van der Waals surface area contributed by atoms with E-state index in [-0.39, 0.29) is 29.7 Å². The molecule has 10 heteroatoms. The second-order valence-electron chi connectivity index (χ2n) is 7.50. The number of hydrogen-bond donors (Lipinski definition) is 2. The summed E-state index contributed by atoms with van der Waals surface area (Å²) in [6, 6.07) is 2.40. The zero-order valence-corrected chi connectivity index (χ0v) is 16.0. The van der Waals surface area contributed by atoms with E-state index in [1.807, 2.05) is 0 Å². The van der Waals surface area contributed by atoms with Crippen molar-refractivity contribution >= 4 is 12.0 Å². The fourth-order valence-electron chi connectivity index (χ4n) is 2.89. The van der Waals surface area contributed by atoms with Crippen LogP contribution in [0.15, 0.2) is 27.6 Å². The Morgan fingerprint density at radius 2 is 2.21 bits per heavy atom. The molecule has 0 bridgehead atoms. The first-order chi connectivity index (χ1) is 13.2. The largest absolute Gasteiger partial charge is 0.444 e. The number of aromatic amines is 1. The molecule has 1 atom stereocenters. The molecule has 2 N–H and O–H groups in total. The summed E-state index contributed by atoms with van der Waals surface area (Å²) < 4.78 is 10.5. The van der Waals surface area contributed by atoms with Gasteiger partial charge in [0.2, 0.25) is 23.2 Å². The van der Waals surface area contributed by atoms with Crippen molar-refractivity contribution in [3.8, 4) is 11.4 Å². The van der Waals surface area contributed by atoms with Crippen molar-refractivity contribution < 1.29 is 18.8 Å². The van der Waals surface area contributed by atoms with Crippen molar-refractivity contribution in [1.29, 1.82) is 0 Å². The Kier molecular flexibility index (Phi) is 5.48. The topological polar surface area (TPSA) is 130 Å². The van der Waals surface area contributed by atoms with Gasteiger partial charge in [0, 0.05) is 24.4 Å². The molecule has 1 saturated heterocycles. The van der Waals surface area contributed by atoms with Crippen LogP contribution in [0, 0.1) is 0 Å². The standard InChI is InChI=1S/C18H23N5O5/c1-18(2,3)27-17(26)23-8-4-5-12(23)16(25)20-10-14-21-15(22-28-14)11-6-7-19-13(24)9-11/h6-7,9,12H,4-5,8,10H2,1-3H3,(H,19,24)(H,20,25)/t12-/m0/s1. The highest BCUT2D eigenvalue weighted by molar-refractivity contribution is 5.86. The molecule has 0 aromatic carbocycles. The second-order valence-corrected chi connectivity index (χ2v) is 7.50. The van der Waals surface area contributed by atoms with Gasteiger partial charge in [0.05, 0.1) is 6.54 Å². The average molecular weight is 389 g/mol. The summed E-state index contributed by atoms with van der Waals surface area (Å²) >= 11 is 0. The third kappa shape index (κ3) is 4.76. The lowest BCUT2D eigenvalue weighted by atomic mass is 10.2. The number of ether oxygens (including phenoxy) is 1. The van der Waals surface area contributed by atoms with Gasteiger partial charge in [-0.2, -0.15) is 4.98 Å². The fourth-order valence-corrected chi connectivity index (χ4v) is 2.89. The predicted octanol–water partition coefficient (Wildman–Crippen LogP) is 1.44. The summed E-state index contributed by atoms with van der Waals surface area (Å²) in [6.07, 6.45) is 2.28. The van der Waals surface area contributed by atoms with E-state index in [1.165, 1.54) is 17.2 Å². The number of rotatable bonds is 4. The van der Waals surface area contributed by atoms with E-state index < -0.39 is 17.7 Å². The number of carbonyl (C=O) groups excluding carboxylic acids is 2. The Bertz CT molecular complexity index is 913. The number of amides is 2. The molecular formula is C18H23N5O5. The highest BCUT2D eigenvalue weighted by Gasteiger charge is 2.36. The molecule has 150 valence electrons. The minimum atomic E-state index is -0.625. The summed E-state index contributed by atoms with van der Waals surface area (Å²) in [5, 5.41) is 6.52. The Morgan fingerprint density at radius 1 is 1.43 bits per heavy atom. The molecule has 3 rings (SSSR count). The molecule has 0 radical (unpaired) electrons. The quantitative estimate of drug-likeness (QED) is 0.809. The molecule has 28 heavy (non-hydrogen) atoms. The smallest absolute Gasteiger partial charge is 0.410 e. The van der Waals surface area contributed by atoms with Crippen LogP contribution >= 0.6 is 0 Å². The number of aromatic nitrogens is 3. The maximum atomic E-state index is 12.5. The molecule has 3 heterocycles. The van der Waals surface area contributed by atoms with Gasteiger partial charge in [0.25, 0.3) is 0 Å². The van der Waals surface area contributed by atoms with E-state index in [0.29, 0.717) is 18.5 Å². The monoisotopic (exact) mass is 389 g/mol. The molecule has 0 saturated carbocycles. The van der Waals surface area contributed by atoms with Gasteiger partial charge in [-0.25, -0.2) is 4.79 Å². The van der Waals surface area contributed by atoms with Gasteiger partial charge in [-0.15, -0.1) is 0 Å². The van der Waals surface area contributed by atoms with Crippen LogP contribution < -0.4 is 10.9 Å². The Hall–Kier alpha value is -3.17. The fraction of sp³-hybridized carbons (Fsp3) is 0.500. The second kappa shape index (κ2) is 7.83. The number of likely N-dealkylation sites (tertiary alicyclic amines) is 1. The van der Waals surface area contributed by atoms with Crippen LogP contribution in [0.4, 0.5) is 4.79 Å². The third-order valence-electron chi connectivity index (χ3n) is 4.10. The SMILES string of the molecule is CC(C)(C)OC(=O)N1CCC[C@H]1C(=O)NCc1nc(-c2cc[nH]c(=O)c2)no1. The summed E-state index contributed by atoms with van der Waals surface area (Å²) in [4.78, 5) is 44.3. The first-order valence-electron chi connectivity index (χ1n) is 9.02. The Balaban J connectivity index is 1.59. The van der Waals surface area contributed by atoms with Gasteiger partial charge in [-0.1, -0.05) is 5.16 Å². The first kappa shape index (κ1) is 19.6. The number of hydrogen-bond acceptors (Lipinski definition) is 7. The van der Waals surface area contributed by atoms with Crippen LogP contribution in [0.2, 0.25) is 0 Å². The van der Waals surface area contributed by atoms with Crippen LogP contribution in [0.25, 0.3) is 11.4 Å². The normalized spacial score (nSPS) is 16.8. The minimum Gasteiger partial charge on any atom is -0.444 e. The van der Waals surface area contributed by atoms with Crippen molar-refractivity contribution in [1.82, 2.24) is 25.3 Å². The van der Waals surface area contributed by atoms with E-state index >= 15 is 0 Å². The van der Waals surface area contributed by atoms with Crippen LogP contribution in [0.1, 0.15) is 39.5 Å². The van der Waals surface area contributed by atoms with Gasteiger partial charge in [0.1, 0.15) is 11.6 Å². The highest BCUT2D eigenvalue weighted by Crippen LogP contribution is 2.21. The zero-order chi connectivity index (χ0) is 20.3. The van der Waals surface area contributed by atoms with Gasteiger partial charge >= 0.3 is 6.09 Å². The number of carbonyl (C=O) groups is 2. The molecule has 0 aliphatic carbocycles. The lowest BCUT2D eigenvalue weighted by Crippen LogP contribution is -2.47. The maximum Gasteiger partial charge on any atom is 0.410 e. The van der Waals surface area contributed by atoms with Crippen LogP contribution in [-0.2, 0) is 16.1 Å². The number of nitrogens with one attached hydrogen (secondary N) is 2. The van der Waals surface area contributed by atoms with Gasteiger partial charge < -0.3 is 19.6 Å². The summed E-state index contributed by atoms with van der Waals surface area (Å²) in [6.45, 7) is 5.84. The first-order valence-corrected chi connectivity index (χ1v) is 9.02. The van der Waals surface area contributed by atoms with E-state index in [9.17, 15) is 14.4 Å². The molecule has 2 amide bonds. The maximum absolute atomic E-state index is 12.5. The van der Waals surface area contributed by atoms with Crippen molar-refractivity contribution in [2.75, 3.05) is 6.54 Å². The van der Waals surface area contributed by atoms with Gasteiger partial charge in [0.15, 0.2) is 0 Å². The van der Waals surface area contributed by atoms with E-state index in [4.69, 9.17) is 9.26 Å². The zero-order valence-electron chi connectivity index (χ0n) is 16.0. The van der Waals surface area contributed by atoms with Gasteiger partial charge in [-0.3, -0.25) is 14.5 Å². The number of pyridine rings is 1. The summed E-state index contributed by atoms with van der Waals surface area (Å²) in [5.41, 5.74) is -0.391. The lowest BCUT2D eigenvalue weighted by Gasteiger charge is -2.27. The minimum absolute atomic E-state index is 0.0215. The molecular weight excluding hydrogens is 366 g/mol. The average Bonchev–Trinajstić information content (AvgIpc) is 3.28. The number of nitrogens with zero attached hydrogens (tertiary/aromatic N) is 3. The Morgan fingerprint density at radius 3 is 2.93 bits per heavy atom. The van der Waals surface area contributed by atoms with E-state index in [1.54, 1.807) is 26.8 Å². The van der Waals surface area contributed by atoms with Crippen molar-refractivity contribution in [3.63, 3.8) is 0 Å². The molecule has 1 fully saturated rings. The van der Waals surface area contributed by atoms with Crippen molar-refractivity contribution in [2.45, 2.75) is 51.8 Å². The van der Waals surface area contributed by atoms with Crippen LogP contribution in [-0.4, -0.2) is 50.2 Å². The molecule has 1 aliphatic rings. The third-order valence-corrected chi connectivity index (χ3v) is 4.10. The van der Waals surface area contributed by atoms with Crippen molar-refractivity contribution in [2.24, 2.45) is 0 Å². The van der Waals surface area contributed by atoms with Crippen molar-refractivity contribution in [3.05, 3.63) is 34.6 Å². The molecule has 0 spiro atoms. The lowest BCUT2D eigenvalue weighted by molar-refractivity contribution is -0.125. The van der Waals surface area contributed by atoms with E-state index in [2.05, 4.69) is 20.4 Å². The number of H-pyrrole nitrogens is 1. The highest BCUT2D eigenvalue weighted by atomic mass is 16.6. The molecule has 0 unspecified atom stereocenters. The van der Waals surface area contributed by atoms with Gasteiger partial charge in [-0.05, 0) is 39.7 Å². The summed E-state index contributed by atoms with van der Waals surface area (Å²) in [7, 11) is 0.